The number of piperazine rings is 1. The molecule has 0 radical (unpaired) electrons. The van der Waals surface area contributed by atoms with Crippen molar-refractivity contribution in [3.8, 4) is 0 Å². The SMILES string of the molecule is Cc1csc2c1C(NC1(C)CC1)=NC(N)(c1ccc(N3CCN(C)CC3)c(Cl)c1)N2. The highest BCUT2D eigenvalue weighted by Gasteiger charge is 2.42. The van der Waals surface area contributed by atoms with Gasteiger partial charge in [0, 0.05) is 37.3 Å². The van der Waals surface area contributed by atoms with Gasteiger partial charge >= 0.3 is 0 Å². The second-order valence-corrected chi connectivity index (χ2v) is 10.4. The van der Waals surface area contributed by atoms with E-state index in [4.69, 9.17) is 22.3 Å². The molecule has 8 heteroatoms. The van der Waals surface area contributed by atoms with Gasteiger partial charge in [0.15, 0.2) is 0 Å². The Hall–Kier alpha value is -1.80. The summed E-state index contributed by atoms with van der Waals surface area (Å²) in [5, 5.41) is 11.0. The molecule has 1 saturated heterocycles. The molecule has 2 aliphatic heterocycles. The van der Waals surface area contributed by atoms with Gasteiger partial charge in [-0.3, -0.25) is 5.73 Å². The predicted molar refractivity (Wildman–Crippen MR) is 127 cm³/mol. The Balaban J connectivity index is 1.48. The van der Waals surface area contributed by atoms with Crippen LogP contribution in [0.1, 0.15) is 36.5 Å². The van der Waals surface area contributed by atoms with Gasteiger partial charge in [-0.05, 0) is 56.8 Å². The second-order valence-electron chi connectivity index (χ2n) is 9.12. The minimum absolute atomic E-state index is 0.117. The zero-order valence-electron chi connectivity index (χ0n) is 17.8. The number of nitrogens with one attached hydrogen (secondary N) is 2. The number of hydrogen-bond donors (Lipinski definition) is 3. The Bertz CT molecular complexity index is 1010. The number of hydrogen-bond acceptors (Lipinski definition) is 7. The van der Waals surface area contributed by atoms with E-state index in [9.17, 15) is 0 Å². The smallest absolute Gasteiger partial charge is 0.212 e. The molecule has 6 nitrogen and oxygen atoms in total. The number of rotatable bonds is 3. The molecule has 2 aromatic rings. The molecular formula is C22H29ClN6S. The number of thiophene rings is 1. The normalized spacial score (nSPS) is 25.4. The lowest BCUT2D eigenvalue weighted by Crippen LogP contribution is -2.49. The van der Waals surface area contributed by atoms with E-state index in [0.717, 1.165) is 71.7 Å². The van der Waals surface area contributed by atoms with Gasteiger partial charge in [0.2, 0.25) is 5.79 Å². The third-order valence-corrected chi connectivity index (χ3v) is 7.77. The van der Waals surface area contributed by atoms with Crippen LogP contribution in [0.3, 0.4) is 0 Å². The number of anilines is 2. The summed E-state index contributed by atoms with van der Waals surface area (Å²) in [7, 11) is 2.15. The lowest BCUT2D eigenvalue weighted by molar-refractivity contribution is 0.313. The van der Waals surface area contributed by atoms with Gasteiger partial charge in [-0.1, -0.05) is 17.7 Å². The summed E-state index contributed by atoms with van der Waals surface area (Å²) in [6.07, 6.45) is 2.31. The molecule has 4 N–H and O–H groups in total. The number of benzene rings is 1. The maximum Gasteiger partial charge on any atom is 0.212 e. The summed E-state index contributed by atoms with van der Waals surface area (Å²) in [6, 6.07) is 6.10. The van der Waals surface area contributed by atoms with E-state index >= 15 is 0 Å². The number of nitrogens with two attached hydrogens (primary N) is 1. The predicted octanol–water partition coefficient (Wildman–Crippen LogP) is 3.55. The van der Waals surface area contributed by atoms with Crippen LogP contribution in [0.25, 0.3) is 0 Å². The molecule has 1 atom stereocenters. The van der Waals surface area contributed by atoms with E-state index < -0.39 is 5.79 Å². The van der Waals surface area contributed by atoms with Gasteiger partial charge in [0.25, 0.3) is 0 Å². The molecule has 1 aromatic heterocycles. The monoisotopic (exact) mass is 444 g/mol. The van der Waals surface area contributed by atoms with Crippen LogP contribution in [0.4, 0.5) is 10.7 Å². The summed E-state index contributed by atoms with van der Waals surface area (Å²) in [4.78, 5) is 9.66. The number of likely N-dealkylation sites (N-methyl/N-ethyl adjacent to an activating group) is 1. The fourth-order valence-corrected chi connectivity index (χ4v) is 5.44. The summed E-state index contributed by atoms with van der Waals surface area (Å²) in [5.74, 6) is -0.174. The average Bonchev–Trinajstić information content (AvgIpc) is 3.31. The Kier molecular flexibility index (Phi) is 4.78. The van der Waals surface area contributed by atoms with E-state index in [1.54, 1.807) is 11.3 Å². The number of fused-ring (bicyclic) bond motifs is 1. The van der Waals surface area contributed by atoms with Crippen molar-refractivity contribution < 1.29 is 0 Å². The van der Waals surface area contributed by atoms with E-state index in [-0.39, 0.29) is 5.54 Å². The Morgan fingerprint density at radius 3 is 2.63 bits per heavy atom. The third-order valence-electron chi connectivity index (χ3n) is 6.46. The fraction of sp³-hybridized carbons (Fsp3) is 0.500. The molecule has 3 heterocycles. The first kappa shape index (κ1) is 20.1. The van der Waals surface area contributed by atoms with Crippen molar-refractivity contribution in [2.24, 2.45) is 10.7 Å². The van der Waals surface area contributed by atoms with E-state index in [1.807, 2.05) is 6.07 Å². The first-order valence-electron chi connectivity index (χ1n) is 10.5. The summed E-state index contributed by atoms with van der Waals surface area (Å²) in [6.45, 7) is 8.39. The molecule has 1 aliphatic carbocycles. The van der Waals surface area contributed by atoms with Gasteiger partial charge in [0.1, 0.15) is 10.8 Å². The Morgan fingerprint density at radius 1 is 1.23 bits per heavy atom. The molecule has 160 valence electrons. The minimum atomic E-state index is -1.05. The molecule has 0 amide bonds. The van der Waals surface area contributed by atoms with Crippen molar-refractivity contribution in [3.05, 3.63) is 45.3 Å². The number of halogens is 1. The van der Waals surface area contributed by atoms with Crippen LogP contribution in [-0.4, -0.2) is 49.5 Å². The summed E-state index contributed by atoms with van der Waals surface area (Å²) in [5.41, 5.74) is 11.2. The highest BCUT2D eigenvalue weighted by molar-refractivity contribution is 7.14. The largest absolute Gasteiger partial charge is 0.368 e. The molecule has 3 aliphatic rings. The molecule has 1 unspecified atom stereocenters. The minimum Gasteiger partial charge on any atom is -0.368 e. The van der Waals surface area contributed by atoms with Crippen molar-refractivity contribution in [2.45, 2.75) is 38.0 Å². The maximum atomic E-state index is 6.84. The molecular weight excluding hydrogens is 416 g/mol. The van der Waals surface area contributed by atoms with E-state index in [0.29, 0.717) is 0 Å². The summed E-state index contributed by atoms with van der Waals surface area (Å²) < 4.78 is 0. The maximum absolute atomic E-state index is 6.84. The second kappa shape index (κ2) is 7.12. The molecule has 5 rings (SSSR count). The zero-order chi connectivity index (χ0) is 21.1. The van der Waals surface area contributed by atoms with Crippen LogP contribution >= 0.6 is 22.9 Å². The lowest BCUT2D eigenvalue weighted by atomic mass is 10.0. The van der Waals surface area contributed by atoms with Crippen molar-refractivity contribution in [3.63, 3.8) is 0 Å². The van der Waals surface area contributed by atoms with Crippen molar-refractivity contribution in [1.82, 2.24) is 10.2 Å². The number of aliphatic imine (C=N–C) groups is 1. The van der Waals surface area contributed by atoms with Crippen LogP contribution in [0.2, 0.25) is 5.02 Å². The van der Waals surface area contributed by atoms with Crippen LogP contribution in [-0.2, 0) is 5.79 Å². The molecule has 0 spiro atoms. The van der Waals surface area contributed by atoms with Gasteiger partial charge in [-0.15, -0.1) is 11.3 Å². The molecule has 30 heavy (non-hydrogen) atoms. The average molecular weight is 445 g/mol. The van der Waals surface area contributed by atoms with Crippen LogP contribution in [0.15, 0.2) is 28.6 Å². The molecule has 1 saturated carbocycles. The topological polar surface area (TPSA) is 68.9 Å². The van der Waals surface area contributed by atoms with Gasteiger partial charge in [-0.25, -0.2) is 4.99 Å². The lowest BCUT2D eigenvalue weighted by Gasteiger charge is -2.36. The Labute approximate surface area is 187 Å². The van der Waals surface area contributed by atoms with Crippen LogP contribution in [0, 0.1) is 6.92 Å². The number of nitrogens with zero attached hydrogens (tertiary/aromatic N) is 3. The molecule has 2 fully saturated rings. The summed E-state index contributed by atoms with van der Waals surface area (Å²) >= 11 is 8.41. The zero-order valence-corrected chi connectivity index (χ0v) is 19.3. The van der Waals surface area contributed by atoms with Crippen LogP contribution < -0.4 is 21.3 Å². The standard InChI is InChI=1S/C22H29ClN6S/c1-14-13-30-20-18(14)19(25-21(2)6-7-21)26-22(24,27-20)15-4-5-17(16(23)12-15)29-10-8-28(3)9-11-29/h4-5,12-13,27H,6-11,24H2,1-3H3,(H,25,26). The van der Waals surface area contributed by atoms with Crippen molar-refractivity contribution in [2.75, 3.05) is 43.4 Å². The van der Waals surface area contributed by atoms with Crippen LogP contribution in [0.5, 0.6) is 0 Å². The quantitative estimate of drug-likeness (QED) is 0.675. The van der Waals surface area contributed by atoms with Crippen molar-refractivity contribution in [1.29, 1.82) is 0 Å². The van der Waals surface area contributed by atoms with Crippen molar-refractivity contribution >= 4 is 39.5 Å². The fourth-order valence-electron chi connectivity index (χ4n) is 4.14. The molecule has 0 bridgehead atoms. The van der Waals surface area contributed by atoms with E-state index in [2.05, 4.69) is 58.8 Å². The first-order chi connectivity index (χ1) is 14.3. The Morgan fingerprint density at radius 2 is 1.97 bits per heavy atom. The first-order valence-corrected chi connectivity index (χ1v) is 11.8. The number of aryl methyl sites for hydroxylation is 1. The number of amidine groups is 1. The highest BCUT2D eigenvalue weighted by atomic mass is 35.5. The van der Waals surface area contributed by atoms with Gasteiger partial charge < -0.3 is 20.4 Å². The van der Waals surface area contributed by atoms with E-state index in [1.165, 1.54) is 5.56 Å². The highest BCUT2D eigenvalue weighted by Crippen LogP contribution is 2.41. The van der Waals surface area contributed by atoms with Gasteiger partial charge in [0.05, 0.1) is 16.3 Å². The third kappa shape index (κ3) is 3.58. The molecule has 1 aromatic carbocycles. The van der Waals surface area contributed by atoms with Gasteiger partial charge in [-0.2, -0.15) is 0 Å².